The summed E-state index contributed by atoms with van der Waals surface area (Å²) in [5.41, 5.74) is 5.14. The van der Waals surface area contributed by atoms with Gasteiger partial charge in [0.25, 0.3) is 0 Å². The van der Waals surface area contributed by atoms with E-state index < -0.39 is 0 Å². The molecule has 3 N–H and O–H groups in total. The van der Waals surface area contributed by atoms with Gasteiger partial charge in [0, 0.05) is 12.0 Å². The highest BCUT2D eigenvalue weighted by atomic mass is 32.1. The number of hydrogen-bond donors (Lipinski definition) is 2. The lowest BCUT2D eigenvalue weighted by atomic mass is 10.0. The average molecular weight is 301 g/mol. The van der Waals surface area contributed by atoms with Crippen molar-refractivity contribution in [1.82, 2.24) is 10.4 Å². The van der Waals surface area contributed by atoms with Gasteiger partial charge in [-0.2, -0.15) is 0 Å². The smallest absolute Gasteiger partial charge is 0.128 e. The number of fused-ring (bicyclic) bond motifs is 1. The number of para-hydroxylation sites is 1. The summed E-state index contributed by atoms with van der Waals surface area (Å²) in [6, 6.07) is 12.9. The number of rotatable bonds is 4. The summed E-state index contributed by atoms with van der Waals surface area (Å²) < 4.78 is 15.2. The molecule has 3 rings (SSSR count). The summed E-state index contributed by atoms with van der Waals surface area (Å²) in [7, 11) is 0. The van der Waals surface area contributed by atoms with E-state index in [2.05, 4.69) is 10.4 Å². The number of aryl methyl sites for hydroxylation is 1. The Hall–Kier alpha value is -1.82. The molecular weight excluding hydrogens is 285 g/mol. The Morgan fingerprint density at radius 2 is 2.10 bits per heavy atom. The normalized spacial score (nSPS) is 12.7. The second-order valence-corrected chi connectivity index (χ2v) is 6.14. The van der Waals surface area contributed by atoms with Gasteiger partial charge >= 0.3 is 0 Å². The standard InChI is InChI=1S/C16H16FN3S/c1-10-6-7-11(12(17)8-10)14(20-18)9-16-19-13-4-2-3-5-15(13)21-16/h2-8,14,20H,9,18H2,1H3. The first kappa shape index (κ1) is 14.1. The lowest BCUT2D eigenvalue weighted by molar-refractivity contribution is 0.509. The van der Waals surface area contributed by atoms with Crippen LogP contribution >= 0.6 is 11.3 Å². The Morgan fingerprint density at radius 1 is 1.29 bits per heavy atom. The van der Waals surface area contributed by atoms with Crippen LogP contribution in [0.4, 0.5) is 4.39 Å². The summed E-state index contributed by atoms with van der Waals surface area (Å²) in [6.45, 7) is 1.87. The van der Waals surface area contributed by atoms with E-state index >= 15 is 0 Å². The van der Waals surface area contributed by atoms with Gasteiger partial charge in [0.2, 0.25) is 0 Å². The highest BCUT2D eigenvalue weighted by Gasteiger charge is 2.17. The molecule has 2 aromatic carbocycles. The van der Waals surface area contributed by atoms with Crippen molar-refractivity contribution in [2.45, 2.75) is 19.4 Å². The SMILES string of the molecule is Cc1ccc(C(Cc2nc3ccccc3s2)NN)c(F)c1. The molecule has 0 aliphatic carbocycles. The van der Waals surface area contributed by atoms with Crippen LogP contribution in [0, 0.1) is 12.7 Å². The maximum absolute atomic E-state index is 14.1. The van der Waals surface area contributed by atoms with Crippen LogP contribution in [-0.4, -0.2) is 4.98 Å². The summed E-state index contributed by atoms with van der Waals surface area (Å²) in [5, 5.41) is 0.944. The van der Waals surface area contributed by atoms with Gasteiger partial charge in [-0.15, -0.1) is 11.3 Å². The first-order valence-corrected chi connectivity index (χ1v) is 7.55. The van der Waals surface area contributed by atoms with Crippen LogP contribution in [0.15, 0.2) is 42.5 Å². The highest BCUT2D eigenvalue weighted by molar-refractivity contribution is 7.18. The molecule has 5 heteroatoms. The molecule has 0 aliphatic heterocycles. The molecule has 0 saturated carbocycles. The molecule has 0 amide bonds. The Labute approximate surface area is 126 Å². The number of halogens is 1. The van der Waals surface area contributed by atoms with Crippen LogP contribution in [0.1, 0.15) is 22.2 Å². The number of nitrogens with one attached hydrogen (secondary N) is 1. The second-order valence-electron chi connectivity index (χ2n) is 5.02. The van der Waals surface area contributed by atoms with Crippen LogP contribution in [0.25, 0.3) is 10.2 Å². The van der Waals surface area contributed by atoms with E-state index in [4.69, 9.17) is 5.84 Å². The molecule has 0 saturated heterocycles. The van der Waals surface area contributed by atoms with Gasteiger partial charge in [-0.3, -0.25) is 11.3 Å². The number of benzene rings is 2. The average Bonchev–Trinajstić information content (AvgIpc) is 2.87. The third kappa shape index (κ3) is 2.95. The number of hydrazine groups is 1. The number of thiazole rings is 1. The second kappa shape index (κ2) is 5.89. The van der Waals surface area contributed by atoms with Crippen molar-refractivity contribution in [1.29, 1.82) is 0 Å². The van der Waals surface area contributed by atoms with Crippen LogP contribution in [-0.2, 0) is 6.42 Å². The third-order valence-corrected chi connectivity index (χ3v) is 4.51. The molecule has 0 radical (unpaired) electrons. The van der Waals surface area contributed by atoms with E-state index in [0.717, 1.165) is 20.8 Å². The molecule has 3 aromatic rings. The minimum atomic E-state index is -0.286. The quantitative estimate of drug-likeness (QED) is 0.573. The molecular formula is C16H16FN3S. The summed E-state index contributed by atoms with van der Waals surface area (Å²) >= 11 is 1.62. The lowest BCUT2D eigenvalue weighted by Gasteiger charge is -2.16. The third-order valence-electron chi connectivity index (χ3n) is 3.45. The number of nitrogens with zero attached hydrogens (tertiary/aromatic N) is 1. The van der Waals surface area contributed by atoms with Gasteiger partial charge in [0.1, 0.15) is 5.82 Å². The van der Waals surface area contributed by atoms with Crippen molar-refractivity contribution in [3.05, 3.63) is 64.4 Å². The van der Waals surface area contributed by atoms with E-state index in [1.165, 1.54) is 6.07 Å². The van der Waals surface area contributed by atoms with Crippen molar-refractivity contribution in [3.63, 3.8) is 0 Å². The van der Waals surface area contributed by atoms with Gasteiger partial charge in [-0.05, 0) is 30.7 Å². The fraction of sp³-hybridized carbons (Fsp3) is 0.188. The van der Waals surface area contributed by atoms with Crippen LogP contribution in [0.2, 0.25) is 0 Å². The van der Waals surface area contributed by atoms with Crippen molar-refractivity contribution in [2.24, 2.45) is 5.84 Å². The minimum Gasteiger partial charge on any atom is -0.271 e. The topological polar surface area (TPSA) is 50.9 Å². The van der Waals surface area contributed by atoms with Crippen LogP contribution in [0.3, 0.4) is 0 Å². The van der Waals surface area contributed by atoms with E-state index in [9.17, 15) is 4.39 Å². The lowest BCUT2D eigenvalue weighted by Crippen LogP contribution is -2.30. The first-order chi connectivity index (χ1) is 10.2. The van der Waals surface area contributed by atoms with E-state index in [1.807, 2.05) is 37.3 Å². The molecule has 21 heavy (non-hydrogen) atoms. The molecule has 1 heterocycles. The zero-order valence-corrected chi connectivity index (χ0v) is 12.5. The van der Waals surface area contributed by atoms with Crippen molar-refractivity contribution in [2.75, 3.05) is 0 Å². The Bertz CT molecular complexity index is 736. The summed E-state index contributed by atoms with van der Waals surface area (Å²) in [6.07, 6.45) is 0.565. The highest BCUT2D eigenvalue weighted by Crippen LogP contribution is 2.27. The number of nitrogens with two attached hydrogens (primary N) is 1. The molecule has 0 fully saturated rings. The molecule has 1 atom stereocenters. The van der Waals surface area contributed by atoms with Gasteiger partial charge in [0.05, 0.1) is 21.3 Å². The molecule has 108 valence electrons. The number of aromatic nitrogens is 1. The molecule has 1 unspecified atom stereocenters. The molecule has 0 spiro atoms. The zero-order valence-electron chi connectivity index (χ0n) is 11.6. The summed E-state index contributed by atoms with van der Waals surface area (Å²) in [5.74, 6) is 5.38. The predicted molar refractivity (Wildman–Crippen MR) is 84.5 cm³/mol. The predicted octanol–water partition coefficient (Wildman–Crippen LogP) is 3.49. The maximum Gasteiger partial charge on any atom is 0.128 e. The minimum absolute atomic E-state index is 0.237. The monoisotopic (exact) mass is 301 g/mol. The maximum atomic E-state index is 14.1. The zero-order chi connectivity index (χ0) is 14.8. The fourth-order valence-corrected chi connectivity index (χ4v) is 3.37. The number of hydrogen-bond acceptors (Lipinski definition) is 4. The van der Waals surface area contributed by atoms with Crippen molar-refractivity contribution >= 4 is 21.6 Å². The Balaban J connectivity index is 1.90. The van der Waals surface area contributed by atoms with E-state index in [1.54, 1.807) is 17.4 Å². The van der Waals surface area contributed by atoms with Crippen LogP contribution < -0.4 is 11.3 Å². The van der Waals surface area contributed by atoms with Gasteiger partial charge in [0.15, 0.2) is 0 Å². The van der Waals surface area contributed by atoms with Crippen molar-refractivity contribution < 1.29 is 4.39 Å². The van der Waals surface area contributed by atoms with E-state index in [-0.39, 0.29) is 11.9 Å². The fourth-order valence-electron chi connectivity index (χ4n) is 2.36. The van der Waals surface area contributed by atoms with E-state index in [0.29, 0.717) is 12.0 Å². The van der Waals surface area contributed by atoms with Crippen LogP contribution in [0.5, 0.6) is 0 Å². The largest absolute Gasteiger partial charge is 0.271 e. The van der Waals surface area contributed by atoms with Gasteiger partial charge < -0.3 is 0 Å². The van der Waals surface area contributed by atoms with Crippen molar-refractivity contribution in [3.8, 4) is 0 Å². The first-order valence-electron chi connectivity index (χ1n) is 6.74. The molecule has 1 aromatic heterocycles. The Kier molecular flexibility index (Phi) is 3.96. The Morgan fingerprint density at radius 3 is 2.81 bits per heavy atom. The molecule has 3 nitrogen and oxygen atoms in total. The van der Waals surface area contributed by atoms with Gasteiger partial charge in [-0.1, -0.05) is 24.3 Å². The molecule has 0 aliphatic rings. The molecule has 0 bridgehead atoms. The van der Waals surface area contributed by atoms with Gasteiger partial charge in [-0.25, -0.2) is 9.37 Å². The summed E-state index contributed by atoms with van der Waals surface area (Å²) in [4.78, 5) is 4.57.